The van der Waals surface area contributed by atoms with E-state index < -0.39 is 17.3 Å². The molecule has 0 bridgehead atoms. The summed E-state index contributed by atoms with van der Waals surface area (Å²) in [6, 6.07) is 12.0. The molecule has 1 N–H and O–H groups in total. The van der Waals surface area contributed by atoms with Crippen LogP contribution in [0.3, 0.4) is 0 Å². The second kappa shape index (κ2) is 25.3. The van der Waals surface area contributed by atoms with Gasteiger partial charge < -0.3 is 43.3 Å². The Morgan fingerprint density at radius 1 is 0.759 bits per heavy atom. The number of methoxy groups -OCH3 is 3. The molecule has 0 amide bonds. The molecule has 2 aliphatic heterocycles. The Kier molecular flexibility index (Phi) is 22.6. The van der Waals surface area contributed by atoms with Gasteiger partial charge in [-0.1, -0.05) is 44.7 Å². The molecule has 3 atom stereocenters. The molecule has 2 heterocycles. The second-order valence-electron chi connectivity index (χ2n) is 13.4. The van der Waals surface area contributed by atoms with Gasteiger partial charge in [-0.25, -0.2) is 0 Å². The topological polar surface area (TPSA) is 85.3 Å². The third kappa shape index (κ3) is 15.2. The van der Waals surface area contributed by atoms with Crippen LogP contribution < -0.4 is 4.90 Å². The first-order valence-corrected chi connectivity index (χ1v) is 19.8. The standard InChI is InChI=1S/C37H56F3N3O6S.C2H6.CH4O/c1-7-21-49-36(2,3)35(46-6)27-48-26-30(45-5)25-47-24-29(44-4)23-42-19-17-41(18-20-42)15-10-16-43-31-11-8-9-12-33(31)50-34-14-13-28(22-32(34)43)37(38,39)40;2*1-2/h8-9,11-14,22,29-30,35H,7,10,15-21,23-27H2,1-6H3;1-2H3;2H,1H3. The lowest BCUT2D eigenvalue weighted by atomic mass is 10.0. The number of ether oxygens (including phenoxy) is 6. The molecule has 0 radical (unpaired) electrons. The van der Waals surface area contributed by atoms with E-state index in [1.54, 1.807) is 27.4 Å². The van der Waals surface area contributed by atoms with Gasteiger partial charge in [-0.05, 0) is 63.6 Å². The van der Waals surface area contributed by atoms with Crippen molar-refractivity contribution in [2.75, 3.05) is 112 Å². The van der Waals surface area contributed by atoms with Gasteiger partial charge in [-0.2, -0.15) is 13.2 Å². The average Bonchev–Trinajstić information content (AvgIpc) is 3.18. The maximum Gasteiger partial charge on any atom is 0.416 e. The molecule has 0 aliphatic carbocycles. The lowest BCUT2D eigenvalue weighted by Crippen LogP contribution is -2.49. The van der Waals surface area contributed by atoms with Crippen molar-refractivity contribution >= 4 is 23.1 Å². The lowest BCUT2D eigenvalue weighted by molar-refractivity contribution is -0.146. The van der Waals surface area contributed by atoms with Gasteiger partial charge in [0.1, 0.15) is 12.2 Å². The highest BCUT2D eigenvalue weighted by Crippen LogP contribution is 2.49. The number of piperazine rings is 1. The Hall–Kier alpha value is -1.98. The molecule has 2 aliphatic rings. The zero-order valence-electron chi connectivity index (χ0n) is 34.0. The van der Waals surface area contributed by atoms with Crippen molar-refractivity contribution in [1.82, 2.24) is 9.80 Å². The molecule has 0 aromatic heterocycles. The van der Waals surface area contributed by atoms with Crippen LogP contribution in [-0.2, 0) is 34.6 Å². The lowest BCUT2D eigenvalue weighted by Gasteiger charge is -2.37. The zero-order chi connectivity index (χ0) is 40.1. The summed E-state index contributed by atoms with van der Waals surface area (Å²) in [5.74, 6) is 0. The predicted molar refractivity (Wildman–Crippen MR) is 210 cm³/mol. The van der Waals surface area contributed by atoms with E-state index in [0.29, 0.717) is 45.3 Å². The highest BCUT2D eigenvalue weighted by molar-refractivity contribution is 7.99. The highest BCUT2D eigenvalue weighted by Gasteiger charge is 2.34. The number of alkyl halides is 3. The fraction of sp³-hybridized carbons (Fsp3) is 0.700. The summed E-state index contributed by atoms with van der Waals surface area (Å²) >= 11 is 1.52. The van der Waals surface area contributed by atoms with Crippen molar-refractivity contribution < 1.29 is 46.7 Å². The van der Waals surface area contributed by atoms with E-state index in [1.165, 1.54) is 23.9 Å². The van der Waals surface area contributed by atoms with E-state index in [-0.39, 0.29) is 18.3 Å². The Morgan fingerprint density at radius 2 is 1.35 bits per heavy atom. The third-order valence-electron chi connectivity index (χ3n) is 9.32. The van der Waals surface area contributed by atoms with Crippen LogP contribution in [0.15, 0.2) is 52.3 Å². The normalized spacial score (nSPS) is 16.6. The Labute approximate surface area is 326 Å². The first-order chi connectivity index (χ1) is 26.0. The molecule has 10 nitrogen and oxygen atoms in total. The van der Waals surface area contributed by atoms with Gasteiger partial charge in [0.05, 0.1) is 55.1 Å². The predicted octanol–water partition coefficient (Wildman–Crippen LogP) is 7.23. The SMILES string of the molecule is CC.CCCOC(C)(C)C(COCC(COCC(CN1CCN(CCCN2c3ccccc3Sc3ccc(C(F)(F)F)cc32)CC1)OC)OC)OC.CO. The fourth-order valence-electron chi connectivity index (χ4n) is 6.21. The van der Waals surface area contributed by atoms with Crippen molar-refractivity contribution in [3.63, 3.8) is 0 Å². The van der Waals surface area contributed by atoms with Crippen LogP contribution in [0.4, 0.5) is 24.5 Å². The van der Waals surface area contributed by atoms with Crippen LogP contribution in [0, 0.1) is 0 Å². The molecule has 3 unspecified atom stereocenters. The van der Waals surface area contributed by atoms with Crippen molar-refractivity contribution in [2.24, 2.45) is 0 Å². The van der Waals surface area contributed by atoms with E-state index in [0.717, 1.165) is 74.7 Å². The molecular formula is C40H66F3N3O7S. The van der Waals surface area contributed by atoms with Crippen LogP contribution in [-0.4, -0.2) is 146 Å². The molecule has 2 aromatic rings. The summed E-state index contributed by atoms with van der Waals surface area (Å²) in [5, 5.41) is 7.00. The molecule has 2 aromatic carbocycles. The smallest absolute Gasteiger partial charge is 0.400 e. The van der Waals surface area contributed by atoms with Crippen LogP contribution in [0.25, 0.3) is 0 Å². The number of hydrogen-bond acceptors (Lipinski definition) is 11. The summed E-state index contributed by atoms with van der Waals surface area (Å²) in [6.45, 7) is 18.3. The van der Waals surface area contributed by atoms with Gasteiger partial charge in [0, 0.05) is 84.1 Å². The monoisotopic (exact) mass is 789 g/mol. The second-order valence-corrected chi connectivity index (χ2v) is 14.4. The number of halogens is 3. The summed E-state index contributed by atoms with van der Waals surface area (Å²) in [5.41, 5.74) is 0.514. The maximum atomic E-state index is 13.6. The Morgan fingerprint density at radius 3 is 1.96 bits per heavy atom. The number of benzene rings is 2. The number of hydrogen-bond donors (Lipinski definition) is 1. The number of anilines is 2. The molecule has 0 spiro atoms. The number of nitrogens with zero attached hydrogens (tertiary/aromatic N) is 3. The molecule has 54 heavy (non-hydrogen) atoms. The van der Waals surface area contributed by atoms with Gasteiger partial charge in [0.25, 0.3) is 0 Å². The molecular weight excluding hydrogens is 724 g/mol. The summed E-state index contributed by atoms with van der Waals surface area (Å²) < 4.78 is 75.6. The first kappa shape index (κ1) is 48.2. The first-order valence-electron chi connectivity index (χ1n) is 19.0. The van der Waals surface area contributed by atoms with Crippen molar-refractivity contribution in [1.29, 1.82) is 0 Å². The summed E-state index contributed by atoms with van der Waals surface area (Å²) in [7, 11) is 6.03. The molecule has 0 saturated carbocycles. The number of aliphatic hydroxyl groups is 1. The van der Waals surface area contributed by atoms with E-state index >= 15 is 0 Å². The number of fused-ring (bicyclic) bond motifs is 2. The number of para-hydroxylation sites is 1. The Balaban J connectivity index is 0.00000244. The van der Waals surface area contributed by atoms with Crippen LogP contribution in [0.5, 0.6) is 0 Å². The molecule has 4 rings (SSSR count). The van der Waals surface area contributed by atoms with Gasteiger partial charge in [-0.15, -0.1) is 0 Å². The minimum absolute atomic E-state index is 0.0759. The quantitative estimate of drug-likeness (QED) is 0.139. The van der Waals surface area contributed by atoms with Gasteiger partial charge in [0.2, 0.25) is 0 Å². The van der Waals surface area contributed by atoms with Crippen LogP contribution in [0.2, 0.25) is 0 Å². The molecule has 14 heteroatoms. The fourth-order valence-corrected chi connectivity index (χ4v) is 7.29. The maximum absolute atomic E-state index is 13.6. The summed E-state index contributed by atoms with van der Waals surface area (Å²) in [6.07, 6.45) is -3.10. The van der Waals surface area contributed by atoms with E-state index in [4.69, 9.17) is 33.5 Å². The molecule has 1 saturated heterocycles. The van der Waals surface area contributed by atoms with E-state index in [1.807, 2.05) is 52.0 Å². The van der Waals surface area contributed by atoms with Gasteiger partial charge in [-0.3, -0.25) is 4.90 Å². The molecule has 1 fully saturated rings. The summed E-state index contributed by atoms with van der Waals surface area (Å²) in [4.78, 5) is 8.79. The van der Waals surface area contributed by atoms with E-state index in [2.05, 4.69) is 21.6 Å². The zero-order valence-corrected chi connectivity index (χ0v) is 34.8. The van der Waals surface area contributed by atoms with Crippen molar-refractivity contribution in [3.05, 3.63) is 48.0 Å². The third-order valence-corrected chi connectivity index (χ3v) is 10.5. The highest BCUT2D eigenvalue weighted by atomic mass is 32.2. The van der Waals surface area contributed by atoms with Crippen LogP contribution >= 0.6 is 11.8 Å². The minimum atomic E-state index is -4.38. The minimum Gasteiger partial charge on any atom is -0.400 e. The number of rotatable bonds is 21. The van der Waals surface area contributed by atoms with Crippen molar-refractivity contribution in [2.45, 2.75) is 87.3 Å². The van der Waals surface area contributed by atoms with Crippen molar-refractivity contribution in [3.8, 4) is 0 Å². The number of aliphatic hydroxyl groups excluding tert-OH is 1. The largest absolute Gasteiger partial charge is 0.416 e. The Bertz CT molecular complexity index is 1300. The van der Waals surface area contributed by atoms with Gasteiger partial charge >= 0.3 is 6.18 Å². The van der Waals surface area contributed by atoms with Gasteiger partial charge in [0.15, 0.2) is 0 Å². The van der Waals surface area contributed by atoms with Crippen LogP contribution in [0.1, 0.15) is 53.0 Å². The molecule has 310 valence electrons. The van der Waals surface area contributed by atoms with E-state index in [9.17, 15) is 13.2 Å². The average molecular weight is 790 g/mol.